The maximum Gasteiger partial charge on any atom is 0.220 e. The molecule has 0 aromatic rings. The second kappa shape index (κ2) is 53.5. The first kappa shape index (κ1) is 60.1. The lowest BCUT2D eigenvalue weighted by Crippen LogP contribution is -2.45. The number of aliphatic hydroxyl groups is 2. The van der Waals surface area contributed by atoms with Gasteiger partial charge in [0.15, 0.2) is 0 Å². The predicted octanol–water partition coefficient (Wildman–Crippen LogP) is 18.5. The van der Waals surface area contributed by atoms with Crippen molar-refractivity contribution in [2.45, 2.75) is 341 Å². The third kappa shape index (κ3) is 50.0. The van der Waals surface area contributed by atoms with Gasteiger partial charge in [0.25, 0.3) is 0 Å². The standard InChI is InChI=1S/C57H113NO3/c1-3-5-7-9-11-13-15-17-19-21-23-24-25-26-27-28-29-30-31-32-33-34-35-36-38-40-42-44-46-48-50-52-56(60)55(54-59)58-57(61)53-51-49-47-45-43-41-39-37-22-20-18-16-14-12-10-8-6-4-2/h50,52,55-56,59-60H,3-49,51,53-54H2,1-2H3,(H,58,61)/b52-50+. The highest BCUT2D eigenvalue weighted by atomic mass is 16.3. The molecule has 61 heavy (non-hydrogen) atoms. The smallest absolute Gasteiger partial charge is 0.220 e. The van der Waals surface area contributed by atoms with E-state index in [4.69, 9.17) is 0 Å². The summed E-state index contributed by atoms with van der Waals surface area (Å²) in [6.45, 7) is 4.35. The SMILES string of the molecule is CCCCCCCCCCCCCCCCCCCCCCCCCCCCCCC/C=C/C(O)C(CO)NC(=O)CCCCCCCCCCCCCCCCCCCC. The Morgan fingerprint density at radius 2 is 0.607 bits per heavy atom. The maximum atomic E-state index is 12.4. The Bertz CT molecular complexity index is 844. The van der Waals surface area contributed by atoms with E-state index >= 15 is 0 Å². The van der Waals surface area contributed by atoms with E-state index in [2.05, 4.69) is 19.2 Å². The van der Waals surface area contributed by atoms with Crippen LogP contribution in [0.5, 0.6) is 0 Å². The van der Waals surface area contributed by atoms with E-state index in [1.54, 1.807) is 6.08 Å². The monoisotopic (exact) mass is 860 g/mol. The average Bonchev–Trinajstić information content (AvgIpc) is 3.26. The topological polar surface area (TPSA) is 69.6 Å². The molecule has 1 amide bonds. The van der Waals surface area contributed by atoms with Crippen molar-refractivity contribution >= 4 is 5.91 Å². The van der Waals surface area contributed by atoms with Gasteiger partial charge >= 0.3 is 0 Å². The normalized spacial score (nSPS) is 12.8. The first-order valence-corrected chi connectivity index (χ1v) is 28.4. The number of hydrogen-bond acceptors (Lipinski definition) is 3. The molecule has 0 heterocycles. The summed E-state index contributed by atoms with van der Waals surface area (Å²) in [5.74, 6) is -0.0566. The fraction of sp³-hybridized carbons (Fsp3) is 0.947. The molecule has 0 aromatic heterocycles. The van der Waals surface area contributed by atoms with Gasteiger partial charge in [0.05, 0.1) is 18.8 Å². The van der Waals surface area contributed by atoms with Crippen molar-refractivity contribution in [1.29, 1.82) is 0 Å². The van der Waals surface area contributed by atoms with E-state index in [0.29, 0.717) is 6.42 Å². The fourth-order valence-electron chi connectivity index (χ4n) is 9.18. The number of carbonyl (C=O) groups is 1. The van der Waals surface area contributed by atoms with Gasteiger partial charge in [0, 0.05) is 6.42 Å². The Hall–Kier alpha value is -0.870. The minimum atomic E-state index is -0.835. The number of amides is 1. The van der Waals surface area contributed by atoms with Crippen LogP contribution in [0.25, 0.3) is 0 Å². The van der Waals surface area contributed by atoms with Gasteiger partial charge < -0.3 is 15.5 Å². The van der Waals surface area contributed by atoms with Crippen LogP contribution in [0.15, 0.2) is 12.2 Å². The Morgan fingerprint density at radius 1 is 0.377 bits per heavy atom. The van der Waals surface area contributed by atoms with E-state index in [9.17, 15) is 15.0 Å². The molecule has 0 aromatic carbocycles. The summed E-state index contributed by atoms with van der Waals surface area (Å²) >= 11 is 0. The molecule has 0 aliphatic carbocycles. The lowest BCUT2D eigenvalue weighted by molar-refractivity contribution is -0.123. The number of allylic oxidation sites excluding steroid dienone is 1. The number of unbranched alkanes of at least 4 members (excludes halogenated alkanes) is 46. The second-order valence-electron chi connectivity index (χ2n) is 19.7. The molecule has 0 saturated heterocycles. The molecule has 0 saturated carbocycles. The van der Waals surface area contributed by atoms with Crippen molar-refractivity contribution in [1.82, 2.24) is 5.32 Å². The molecule has 0 spiro atoms. The molecular formula is C57H113NO3. The highest BCUT2D eigenvalue weighted by Crippen LogP contribution is 2.18. The summed E-state index contributed by atoms with van der Waals surface area (Å²) in [4.78, 5) is 12.4. The van der Waals surface area contributed by atoms with E-state index in [1.165, 1.54) is 283 Å². The molecule has 4 heteroatoms. The van der Waals surface area contributed by atoms with Crippen LogP contribution in [0.4, 0.5) is 0 Å². The Kier molecular flexibility index (Phi) is 52.7. The van der Waals surface area contributed by atoms with E-state index in [-0.39, 0.29) is 12.5 Å². The molecule has 0 aliphatic rings. The van der Waals surface area contributed by atoms with Crippen LogP contribution in [0, 0.1) is 0 Å². The molecule has 0 fully saturated rings. The van der Waals surface area contributed by atoms with E-state index in [1.807, 2.05) is 6.08 Å². The fourth-order valence-corrected chi connectivity index (χ4v) is 9.18. The summed E-state index contributed by atoms with van der Waals surface area (Å²) in [6, 6.07) is -0.618. The van der Waals surface area contributed by atoms with Crippen molar-refractivity contribution < 1.29 is 15.0 Å². The highest BCUT2D eigenvalue weighted by Gasteiger charge is 2.18. The van der Waals surface area contributed by atoms with Crippen LogP contribution in [0.1, 0.15) is 328 Å². The van der Waals surface area contributed by atoms with Gasteiger partial charge in [0.2, 0.25) is 5.91 Å². The number of hydrogen-bond donors (Lipinski definition) is 3. The second-order valence-corrected chi connectivity index (χ2v) is 19.7. The van der Waals surface area contributed by atoms with Gasteiger partial charge in [-0.25, -0.2) is 0 Å². The molecule has 0 rings (SSSR count). The molecule has 3 N–H and O–H groups in total. The van der Waals surface area contributed by atoms with Crippen LogP contribution in [0.2, 0.25) is 0 Å². The van der Waals surface area contributed by atoms with E-state index < -0.39 is 12.1 Å². The lowest BCUT2D eigenvalue weighted by atomic mass is 10.0. The minimum Gasteiger partial charge on any atom is -0.394 e. The first-order chi connectivity index (χ1) is 30.2. The van der Waals surface area contributed by atoms with Gasteiger partial charge in [-0.3, -0.25) is 4.79 Å². The zero-order chi connectivity index (χ0) is 44.2. The van der Waals surface area contributed by atoms with Crippen LogP contribution >= 0.6 is 0 Å². The quantitative estimate of drug-likeness (QED) is 0.0421. The third-order valence-electron chi connectivity index (χ3n) is 13.5. The maximum absolute atomic E-state index is 12.4. The van der Waals surface area contributed by atoms with Gasteiger partial charge in [-0.05, 0) is 19.3 Å². The predicted molar refractivity (Wildman–Crippen MR) is 272 cm³/mol. The summed E-state index contributed by atoms with van der Waals surface area (Å²) in [5.41, 5.74) is 0. The summed E-state index contributed by atoms with van der Waals surface area (Å²) in [6.07, 6.45) is 69.5. The van der Waals surface area contributed by atoms with Crippen LogP contribution < -0.4 is 5.32 Å². The van der Waals surface area contributed by atoms with Gasteiger partial charge in [-0.15, -0.1) is 0 Å². The minimum absolute atomic E-state index is 0.0566. The van der Waals surface area contributed by atoms with Crippen molar-refractivity contribution in [3.63, 3.8) is 0 Å². The van der Waals surface area contributed by atoms with Crippen LogP contribution in [-0.4, -0.2) is 34.9 Å². The van der Waals surface area contributed by atoms with Crippen molar-refractivity contribution in [2.24, 2.45) is 0 Å². The zero-order valence-corrected chi connectivity index (χ0v) is 42.0. The summed E-state index contributed by atoms with van der Waals surface area (Å²) in [7, 11) is 0. The van der Waals surface area contributed by atoms with Crippen molar-refractivity contribution in [2.75, 3.05) is 6.61 Å². The van der Waals surface area contributed by atoms with Crippen molar-refractivity contribution in [3.05, 3.63) is 12.2 Å². The Balaban J connectivity index is 3.42. The summed E-state index contributed by atoms with van der Waals surface area (Å²) in [5, 5.41) is 23.2. The van der Waals surface area contributed by atoms with Crippen LogP contribution in [0.3, 0.4) is 0 Å². The molecule has 2 atom stereocenters. The number of aliphatic hydroxyl groups excluding tert-OH is 2. The largest absolute Gasteiger partial charge is 0.394 e. The molecule has 0 bridgehead atoms. The van der Waals surface area contributed by atoms with Gasteiger partial charge in [0.1, 0.15) is 0 Å². The molecule has 2 unspecified atom stereocenters. The highest BCUT2D eigenvalue weighted by molar-refractivity contribution is 5.76. The Morgan fingerprint density at radius 3 is 0.852 bits per heavy atom. The van der Waals surface area contributed by atoms with Crippen molar-refractivity contribution in [3.8, 4) is 0 Å². The number of rotatable bonds is 53. The zero-order valence-electron chi connectivity index (χ0n) is 42.0. The molecular weight excluding hydrogens is 747 g/mol. The average molecular weight is 861 g/mol. The van der Waals surface area contributed by atoms with E-state index in [0.717, 1.165) is 25.7 Å². The van der Waals surface area contributed by atoms with Gasteiger partial charge in [-0.2, -0.15) is 0 Å². The van der Waals surface area contributed by atoms with Crippen LogP contribution in [-0.2, 0) is 4.79 Å². The number of nitrogens with one attached hydrogen (secondary N) is 1. The number of carbonyl (C=O) groups excluding carboxylic acids is 1. The lowest BCUT2D eigenvalue weighted by Gasteiger charge is -2.20. The molecule has 0 aliphatic heterocycles. The molecule has 364 valence electrons. The molecule has 0 radical (unpaired) electrons. The van der Waals surface area contributed by atoms with Gasteiger partial charge in [-0.1, -0.05) is 315 Å². The third-order valence-corrected chi connectivity index (χ3v) is 13.5. The summed E-state index contributed by atoms with van der Waals surface area (Å²) < 4.78 is 0. The molecule has 4 nitrogen and oxygen atoms in total. The first-order valence-electron chi connectivity index (χ1n) is 28.4. The Labute approximate surface area is 384 Å².